The van der Waals surface area contributed by atoms with Gasteiger partial charge in [-0.05, 0) is 36.2 Å². The van der Waals surface area contributed by atoms with Crippen LogP contribution in [0.5, 0.6) is 5.75 Å². The molecule has 0 saturated carbocycles. The number of ether oxygens (including phenoxy) is 1. The molecular weight excluding hydrogens is 320 g/mol. The van der Waals surface area contributed by atoms with Crippen LogP contribution in [0.25, 0.3) is 0 Å². The Balaban J connectivity index is 2.35. The predicted octanol–water partition coefficient (Wildman–Crippen LogP) is 2.97. The van der Waals surface area contributed by atoms with Gasteiger partial charge in [0, 0.05) is 12.1 Å². The number of rotatable bonds is 6. The van der Waals surface area contributed by atoms with Gasteiger partial charge in [-0.25, -0.2) is 8.42 Å². The number of hydrogen-bond acceptors (Lipinski definition) is 5. The van der Waals surface area contributed by atoms with E-state index in [-0.39, 0.29) is 16.3 Å². The standard InChI is InChI=1S/C15H16N2O5S/c1-3-11-9-14(7-8-15(11)22-2)23(20,21)16-12-5-4-6-13(10-12)17(18)19/h4-10,16H,3H2,1-2H3. The molecule has 1 N–H and O–H groups in total. The van der Waals surface area contributed by atoms with Crippen LogP contribution in [-0.4, -0.2) is 20.5 Å². The molecule has 0 saturated heterocycles. The van der Waals surface area contributed by atoms with Crippen LogP contribution in [0.4, 0.5) is 11.4 Å². The van der Waals surface area contributed by atoms with E-state index in [9.17, 15) is 18.5 Å². The first-order chi connectivity index (χ1) is 10.9. The van der Waals surface area contributed by atoms with E-state index in [1.807, 2.05) is 6.92 Å². The Morgan fingerprint density at radius 1 is 1.22 bits per heavy atom. The van der Waals surface area contributed by atoms with Crippen LogP contribution >= 0.6 is 0 Å². The van der Waals surface area contributed by atoms with Crippen molar-refractivity contribution in [2.75, 3.05) is 11.8 Å². The van der Waals surface area contributed by atoms with Gasteiger partial charge >= 0.3 is 0 Å². The molecule has 0 aromatic heterocycles. The van der Waals surface area contributed by atoms with E-state index in [1.165, 1.54) is 43.5 Å². The van der Waals surface area contributed by atoms with E-state index in [0.717, 1.165) is 5.56 Å². The molecule has 8 heteroatoms. The second-order valence-electron chi connectivity index (χ2n) is 4.74. The van der Waals surface area contributed by atoms with E-state index >= 15 is 0 Å². The minimum absolute atomic E-state index is 0.0710. The number of sulfonamides is 1. The summed E-state index contributed by atoms with van der Waals surface area (Å²) in [5, 5.41) is 10.8. The molecule has 0 fully saturated rings. The Bertz CT molecular complexity index is 834. The van der Waals surface area contributed by atoms with E-state index in [4.69, 9.17) is 4.74 Å². The Morgan fingerprint density at radius 2 is 1.96 bits per heavy atom. The summed E-state index contributed by atoms with van der Waals surface area (Å²) in [6, 6.07) is 9.87. The molecule has 0 atom stereocenters. The number of nitrogens with zero attached hydrogens (tertiary/aromatic N) is 1. The summed E-state index contributed by atoms with van der Waals surface area (Å²) in [7, 11) is -2.32. The highest BCUT2D eigenvalue weighted by Crippen LogP contribution is 2.25. The Labute approximate surface area is 134 Å². The van der Waals surface area contributed by atoms with Crippen LogP contribution in [0.2, 0.25) is 0 Å². The number of hydrogen-bond donors (Lipinski definition) is 1. The van der Waals surface area contributed by atoms with Crippen molar-refractivity contribution in [3.63, 3.8) is 0 Å². The highest BCUT2D eigenvalue weighted by atomic mass is 32.2. The molecule has 0 aliphatic carbocycles. The van der Waals surface area contributed by atoms with Crippen molar-refractivity contribution in [3.05, 3.63) is 58.1 Å². The van der Waals surface area contributed by atoms with Gasteiger partial charge in [0.25, 0.3) is 15.7 Å². The van der Waals surface area contributed by atoms with Crippen LogP contribution in [0.15, 0.2) is 47.4 Å². The quantitative estimate of drug-likeness (QED) is 0.646. The fraction of sp³-hybridized carbons (Fsp3) is 0.200. The van der Waals surface area contributed by atoms with E-state index in [2.05, 4.69) is 4.72 Å². The molecule has 0 amide bonds. The van der Waals surface area contributed by atoms with Crippen molar-refractivity contribution in [2.45, 2.75) is 18.2 Å². The van der Waals surface area contributed by atoms with Gasteiger partial charge in [-0.3, -0.25) is 14.8 Å². The zero-order chi connectivity index (χ0) is 17.0. The van der Waals surface area contributed by atoms with E-state index in [0.29, 0.717) is 12.2 Å². The molecule has 0 radical (unpaired) electrons. The monoisotopic (exact) mass is 336 g/mol. The molecule has 0 unspecified atom stereocenters. The second-order valence-corrected chi connectivity index (χ2v) is 6.42. The van der Waals surface area contributed by atoms with Gasteiger partial charge in [-0.2, -0.15) is 0 Å². The van der Waals surface area contributed by atoms with Crippen molar-refractivity contribution in [3.8, 4) is 5.75 Å². The van der Waals surface area contributed by atoms with Gasteiger partial charge in [0.05, 0.1) is 22.6 Å². The highest BCUT2D eigenvalue weighted by molar-refractivity contribution is 7.92. The van der Waals surface area contributed by atoms with Crippen LogP contribution < -0.4 is 9.46 Å². The third-order valence-electron chi connectivity index (χ3n) is 3.25. The number of non-ortho nitro benzene ring substituents is 1. The highest BCUT2D eigenvalue weighted by Gasteiger charge is 2.17. The van der Waals surface area contributed by atoms with Crippen molar-refractivity contribution >= 4 is 21.4 Å². The van der Waals surface area contributed by atoms with Gasteiger partial charge in [0.1, 0.15) is 5.75 Å². The molecule has 0 aliphatic heterocycles. The third kappa shape index (κ3) is 3.78. The maximum absolute atomic E-state index is 12.4. The number of benzene rings is 2. The lowest BCUT2D eigenvalue weighted by atomic mass is 10.1. The number of nitro groups is 1. The summed E-state index contributed by atoms with van der Waals surface area (Å²) in [6.45, 7) is 1.89. The van der Waals surface area contributed by atoms with Gasteiger partial charge in [0.15, 0.2) is 0 Å². The minimum atomic E-state index is -3.84. The average molecular weight is 336 g/mol. The summed E-state index contributed by atoms with van der Waals surface area (Å²) in [4.78, 5) is 10.2. The molecule has 122 valence electrons. The van der Waals surface area contributed by atoms with Gasteiger partial charge < -0.3 is 4.74 Å². The van der Waals surface area contributed by atoms with Crippen molar-refractivity contribution in [1.82, 2.24) is 0 Å². The van der Waals surface area contributed by atoms with Crippen molar-refractivity contribution < 1.29 is 18.1 Å². The lowest BCUT2D eigenvalue weighted by Gasteiger charge is -2.11. The molecule has 0 bridgehead atoms. The van der Waals surface area contributed by atoms with Crippen LogP contribution in [-0.2, 0) is 16.4 Å². The Hall–Kier alpha value is -2.61. The van der Waals surface area contributed by atoms with Crippen molar-refractivity contribution in [1.29, 1.82) is 0 Å². The number of nitro benzene ring substituents is 1. The summed E-state index contributed by atoms with van der Waals surface area (Å²) in [5.74, 6) is 0.613. The smallest absolute Gasteiger partial charge is 0.271 e. The molecule has 23 heavy (non-hydrogen) atoms. The molecule has 0 spiro atoms. The fourth-order valence-corrected chi connectivity index (χ4v) is 3.20. The van der Waals surface area contributed by atoms with Gasteiger partial charge in [-0.1, -0.05) is 13.0 Å². The maximum atomic E-state index is 12.4. The minimum Gasteiger partial charge on any atom is -0.496 e. The van der Waals surface area contributed by atoms with Gasteiger partial charge in [-0.15, -0.1) is 0 Å². The van der Waals surface area contributed by atoms with E-state index in [1.54, 1.807) is 6.07 Å². The SMILES string of the molecule is CCc1cc(S(=O)(=O)Nc2cccc([N+](=O)[O-])c2)ccc1OC. The van der Waals surface area contributed by atoms with E-state index < -0.39 is 14.9 Å². The molecule has 0 aliphatic rings. The first kappa shape index (κ1) is 16.8. The first-order valence-electron chi connectivity index (χ1n) is 6.81. The largest absolute Gasteiger partial charge is 0.496 e. The normalized spacial score (nSPS) is 11.0. The first-order valence-corrected chi connectivity index (χ1v) is 8.30. The lowest BCUT2D eigenvalue weighted by molar-refractivity contribution is -0.384. The Kier molecular flexibility index (Phi) is 4.85. The molecule has 7 nitrogen and oxygen atoms in total. The summed E-state index contributed by atoms with van der Waals surface area (Å²) in [5.41, 5.74) is 0.705. The third-order valence-corrected chi connectivity index (χ3v) is 4.63. The summed E-state index contributed by atoms with van der Waals surface area (Å²) < 4.78 is 32.4. The number of anilines is 1. The van der Waals surface area contributed by atoms with Crippen LogP contribution in [0.3, 0.4) is 0 Å². The lowest BCUT2D eigenvalue weighted by Crippen LogP contribution is -2.13. The topological polar surface area (TPSA) is 98.5 Å². The van der Waals surface area contributed by atoms with Gasteiger partial charge in [0.2, 0.25) is 0 Å². The van der Waals surface area contributed by atoms with Crippen LogP contribution in [0, 0.1) is 10.1 Å². The Morgan fingerprint density at radius 3 is 2.57 bits per heavy atom. The summed E-state index contributed by atoms with van der Waals surface area (Å²) in [6.07, 6.45) is 0.614. The van der Waals surface area contributed by atoms with Crippen molar-refractivity contribution in [2.24, 2.45) is 0 Å². The molecule has 2 rings (SSSR count). The average Bonchev–Trinajstić information content (AvgIpc) is 2.53. The maximum Gasteiger partial charge on any atom is 0.271 e. The zero-order valence-electron chi connectivity index (χ0n) is 12.6. The fourth-order valence-electron chi connectivity index (χ4n) is 2.10. The van der Waals surface area contributed by atoms with Crippen LogP contribution in [0.1, 0.15) is 12.5 Å². The number of aryl methyl sites for hydroxylation is 1. The molecular formula is C15H16N2O5S. The number of nitrogens with one attached hydrogen (secondary N) is 1. The molecule has 2 aromatic carbocycles. The number of methoxy groups -OCH3 is 1. The predicted molar refractivity (Wildman–Crippen MR) is 86.3 cm³/mol. The molecule has 2 aromatic rings. The summed E-state index contributed by atoms with van der Waals surface area (Å²) >= 11 is 0. The molecule has 0 heterocycles. The zero-order valence-corrected chi connectivity index (χ0v) is 13.5. The second kappa shape index (κ2) is 6.66.